The highest BCUT2D eigenvalue weighted by Crippen LogP contribution is 2.38. The van der Waals surface area contributed by atoms with E-state index in [9.17, 15) is 14.9 Å². The first kappa shape index (κ1) is 18.2. The number of thiophene rings is 1. The molecule has 2 amide bonds. The molecule has 1 aliphatic rings. The van der Waals surface area contributed by atoms with Crippen LogP contribution in [0.5, 0.6) is 0 Å². The highest BCUT2D eigenvalue weighted by molar-refractivity contribution is 7.17. The number of nitrogens with two attached hydrogens (primary N) is 1. The molecule has 0 unspecified atom stereocenters. The lowest BCUT2D eigenvalue weighted by molar-refractivity contribution is -0.112. The van der Waals surface area contributed by atoms with Gasteiger partial charge in [0.15, 0.2) is 0 Å². The van der Waals surface area contributed by atoms with Crippen LogP contribution in [0.15, 0.2) is 29.8 Å². The van der Waals surface area contributed by atoms with Crippen LogP contribution in [-0.2, 0) is 17.6 Å². The number of nitrogens with one attached hydrogen (secondary N) is 1. The number of nitriles is 1. The number of rotatable bonds is 4. The average Bonchev–Trinajstić information content (AvgIpc) is 2.98. The van der Waals surface area contributed by atoms with Crippen LogP contribution in [0, 0.1) is 11.3 Å². The third-order valence-electron chi connectivity index (χ3n) is 4.21. The van der Waals surface area contributed by atoms with Gasteiger partial charge in [0, 0.05) is 9.90 Å². The maximum atomic E-state index is 12.6. The molecule has 0 radical (unpaired) electrons. The topological polar surface area (TPSA) is 96.0 Å². The maximum Gasteiger partial charge on any atom is 0.266 e. The van der Waals surface area contributed by atoms with Crippen LogP contribution in [0.3, 0.4) is 0 Å². The number of amides is 2. The highest BCUT2D eigenvalue weighted by Gasteiger charge is 2.25. The van der Waals surface area contributed by atoms with Crippen molar-refractivity contribution in [2.45, 2.75) is 25.7 Å². The predicted molar refractivity (Wildman–Crippen MR) is 103 cm³/mol. The zero-order chi connectivity index (χ0) is 18.7. The second-order valence-electron chi connectivity index (χ2n) is 5.92. The average molecular weight is 386 g/mol. The largest absolute Gasteiger partial charge is 0.365 e. The van der Waals surface area contributed by atoms with Gasteiger partial charge in [0.1, 0.15) is 16.6 Å². The molecule has 0 spiro atoms. The molecule has 0 atom stereocenters. The van der Waals surface area contributed by atoms with E-state index in [-0.39, 0.29) is 5.57 Å². The monoisotopic (exact) mass is 385 g/mol. The first-order chi connectivity index (χ1) is 12.5. The molecular formula is C19H16ClN3O2S. The number of aryl methyl sites for hydroxylation is 1. The van der Waals surface area contributed by atoms with Gasteiger partial charge in [-0.3, -0.25) is 9.59 Å². The Bertz CT molecular complexity index is 956. The Kier molecular flexibility index (Phi) is 5.40. The zero-order valence-corrected chi connectivity index (χ0v) is 15.4. The molecular weight excluding hydrogens is 370 g/mol. The molecule has 1 aromatic carbocycles. The summed E-state index contributed by atoms with van der Waals surface area (Å²) in [5.74, 6) is -1.15. The Morgan fingerprint density at radius 3 is 2.69 bits per heavy atom. The van der Waals surface area contributed by atoms with Crippen molar-refractivity contribution in [3.8, 4) is 6.07 Å². The van der Waals surface area contributed by atoms with Gasteiger partial charge in [-0.25, -0.2) is 0 Å². The number of hydrogen-bond acceptors (Lipinski definition) is 4. The van der Waals surface area contributed by atoms with Gasteiger partial charge in [-0.1, -0.05) is 29.8 Å². The molecule has 0 saturated heterocycles. The van der Waals surface area contributed by atoms with Gasteiger partial charge in [-0.2, -0.15) is 5.26 Å². The molecule has 26 heavy (non-hydrogen) atoms. The summed E-state index contributed by atoms with van der Waals surface area (Å²) in [6.45, 7) is 0. The third-order valence-corrected chi connectivity index (χ3v) is 5.77. The smallest absolute Gasteiger partial charge is 0.266 e. The number of benzene rings is 1. The summed E-state index contributed by atoms with van der Waals surface area (Å²) in [6, 6.07) is 8.81. The van der Waals surface area contributed by atoms with Gasteiger partial charge in [0.2, 0.25) is 0 Å². The van der Waals surface area contributed by atoms with Gasteiger partial charge in [-0.15, -0.1) is 11.3 Å². The summed E-state index contributed by atoms with van der Waals surface area (Å²) in [4.78, 5) is 25.5. The van der Waals surface area contributed by atoms with Gasteiger partial charge in [-0.05, 0) is 49.0 Å². The first-order valence-corrected chi connectivity index (χ1v) is 9.32. The summed E-state index contributed by atoms with van der Waals surface area (Å²) in [5.41, 5.74) is 7.30. The van der Waals surface area contributed by atoms with Crippen molar-refractivity contribution in [1.29, 1.82) is 5.26 Å². The lowest BCUT2D eigenvalue weighted by Gasteiger charge is -2.11. The Morgan fingerprint density at radius 2 is 2.00 bits per heavy atom. The van der Waals surface area contributed by atoms with E-state index in [1.54, 1.807) is 24.3 Å². The Balaban J connectivity index is 1.92. The Hall–Kier alpha value is -2.62. The normalized spacial score (nSPS) is 13.6. The van der Waals surface area contributed by atoms with Gasteiger partial charge < -0.3 is 11.1 Å². The molecule has 1 heterocycles. The van der Waals surface area contributed by atoms with Crippen molar-refractivity contribution in [3.05, 3.63) is 56.4 Å². The molecule has 7 heteroatoms. The molecule has 2 aromatic rings. The highest BCUT2D eigenvalue weighted by atomic mass is 35.5. The van der Waals surface area contributed by atoms with Gasteiger partial charge in [0.25, 0.3) is 11.8 Å². The van der Waals surface area contributed by atoms with E-state index in [4.69, 9.17) is 17.3 Å². The fraction of sp³-hybridized carbons (Fsp3) is 0.211. The Morgan fingerprint density at radius 1 is 1.27 bits per heavy atom. The van der Waals surface area contributed by atoms with Crippen LogP contribution in [0.4, 0.5) is 5.00 Å². The second kappa shape index (κ2) is 7.73. The standard InChI is InChI=1S/C19H16ClN3O2S/c20-14-7-3-1-5-11(14)9-12(10-21)18(25)23-19-16(17(22)24)13-6-2-4-8-15(13)26-19/h1,3,5,7,9H,2,4,6,8H2,(H2,22,24)(H,23,25)/b12-9-. The lowest BCUT2D eigenvalue weighted by atomic mass is 9.95. The van der Waals surface area contributed by atoms with E-state index in [0.29, 0.717) is 21.2 Å². The minimum Gasteiger partial charge on any atom is -0.365 e. The molecule has 0 bridgehead atoms. The molecule has 1 aromatic heterocycles. The summed E-state index contributed by atoms with van der Waals surface area (Å²) in [6.07, 6.45) is 5.12. The summed E-state index contributed by atoms with van der Waals surface area (Å²) in [7, 11) is 0. The number of nitrogens with zero attached hydrogens (tertiary/aromatic N) is 1. The number of halogens is 1. The van der Waals surface area contributed by atoms with Crippen LogP contribution in [-0.4, -0.2) is 11.8 Å². The van der Waals surface area contributed by atoms with Gasteiger partial charge in [0.05, 0.1) is 5.56 Å². The fourth-order valence-corrected chi connectivity index (χ4v) is 4.46. The van der Waals surface area contributed by atoms with Crippen LogP contribution in [0.2, 0.25) is 5.02 Å². The van der Waals surface area contributed by atoms with Crippen LogP contribution in [0.1, 0.15) is 39.2 Å². The minimum atomic E-state index is -0.589. The fourth-order valence-electron chi connectivity index (χ4n) is 2.98. The Labute approximate surface area is 160 Å². The third kappa shape index (κ3) is 3.64. The summed E-state index contributed by atoms with van der Waals surface area (Å²) < 4.78 is 0. The molecule has 3 rings (SSSR count). The minimum absolute atomic E-state index is 0.0973. The van der Waals surface area contributed by atoms with E-state index in [2.05, 4.69) is 5.32 Å². The van der Waals surface area contributed by atoms with Crippen molar-refractivity contribution in [3.63, 3.8) is 0 Å². The van der Waals surface area contributed by atoms with Crippen LogP contribution < -0.4 is 11.1 Å². The number of fused-ring (bicyclic) bond motifs is 1. The summed E-state index contributed by atoms with van der Waals surface area (Å²) in [5, 5.41) is 12.9. The molecule has 3 N–H and O–H groups in total. The van der Waals surface area contributed by atoms with E-state index in [1.807, 2.05) is 6.07 Å². The quantitative estimate of drug-likeness (QED) is 0.616. The molecule has 0 aliphatic heterocycles. The van der Waals surface area contributed by atoms with Crippen LogP contribution in [0.25, 0.3) is 6.08 Å². The number of carbonyl (C=O) groups is 2. The number of anilines is 1. The number of primary amides is 1. The summed E-state index contributed by atoms with van der Waals surface area (Å²) >= 11 is 7.44. The van der Waals surface area contributed by atoms with Crippen molar-refractivity contribution in [2.24, 2.45) is 5.73 Å². The second-order valence-corrected chi connectivity index (χ2v) is 7.44. The van der Waals surface area contributed by atoms with E-state index < -0.39 is 11.8 Å². The van der Waals surface area contributed by atoms with Crippen molar-refractivity contribution < 1.29 is 9.59 Å². The van der Waals surface area contributed by atoms with Crippen molar-refractivity contribution >= 4 is 45.8 Å². The predicted octanol–water partition coefficient (Wildman–Crippen LogP) is 3.92. The van der Waals surface area contributed by atoms with E-state index in [0.717, 1.165) is 36.1 Å². The number of hydrogen-bond donors (Lipinski definition) is 2. The van der Waals surface area contributed by atoms with E-state index in [1.165, 1.54) is 17.4 Å². The van der Waals surface area contributed by atoms with E-state index >= 15 is 0 Å². The zero-order valence-electron chi connectivity index (χ0n) is 13.8. The van der Waals surface area contributed by atoms with Crippen molar-refractivity contribution in [1.82, 2.24) is 0 Å². The number of carbonyl (C=O) groups excluding carboxylic acids is 2. The van der Waals surface area contributed by atoms with Crippen LogP contribution >= 0.6 is 22.9 Å². The molecule has 132 valence electrons. The molecule has 5 nitrogen and oxygen atoms in total. The molecule has 1 aliphatic carbocycles. The van der Waals surface area contributed by atoms with Crippen molar-refractivity contribution in [2.75, 3.05) is 5.32 Å². The maximum absolute atomic E-state index is 12.6. The first-order valence-electron chi connectivity index (χ1n) is 8.13. The lowest BCUT2D eigenvalue weighted by Crippen LogP contribution is -2.19. The molecule has 0 saturated carbocycles. The van der Waals surface area contributed by atoms with Gasteiger partial charge >= 0.3 is 0 Å². The SMILES string of the molecule is N#C/C(=C/c1ccccc1Cl)C(=O)Nc1sc2c(c1C(N)=O)CCCC2. The molecule has 0 fully saturated rings.